The Balaban J connectivity index is 1.79. The van der Waals surface area contributed by atoms with Gasteiger partial charge in [-0.15, -0.1) is 0 Å². The summed E-state index contributed by atoms with van der Waals surface area (Å²) >= 11 is 0. The number of hydrogen-bond donors (Lipinski definition) is 1. The normalized spacial score (nSPS) is 31.3. The second-order valence-corrected chi connectivity index (χ2v) is 6.63. The van der Waals surface area contributed by atoms with Crippen molar-refractivity contribution in [1.82, 2.24) is 4.90 Å². The van der Waals surface area contributed by atoms with Crippen LogP contribution in [0.4, 0.5) is 5.69 Å². The first-order chi connectivity index (χ1) is 9.26. The van der Waals surface area contributed by atoms with Crippen molar-refractivity contribution in [1.29, 1.82) is 0 Å². The lowest BCUT2D eigenvalue weighted by Crippen LogP contribution is -2.59. The largest absolute Gasteiger partial charge is 0.749 e. The van der Waals surface area contributed by atoms with Crippen LogP contribution in [0.25, 0.3) is 0 Å². The van der Waals surface area contributed by atoms with Gasteiger partial charge in [-0.1, -0.05) is 6.07 Å². The van der Waals surface area contributed by atoms with Gasteiger partial charge in [0.25, 0.3) is 0 Å². The maximum Gasteiger partial charge on any atom is 0.749 e. The Hall–Kier alpha value is -1.12. The summed E-state index contributed by atoms with van der Waals surface area (Å²) in [6, 6.07) is 7.23. The number of anilines is 1. The highest BCUT2D eigenvalue weighted by Crippen LogP contribution is 2.23. The molecular weight excluding hydrogens is 264 g/mol. The van der Waals surface area contributed by atoms with Gasteiger partial charge in [-0.3, -0.25) is 4.90 Å². The quantitative estimate of drug-likeness (QED) is 0.628. The van der Waals surface area contributed by atoms with Gasteiger partial charge in [0.05, 0.1) is 19.8 Å². The maximum absolute atomic E-state index is 5.90. The van der Waals surface area contributed by atoms with Gasteiger partial charge in [0.1, 0.15) is 5.75 Å². The van der Waals surface area contributed by atoms with Gasteiger partial charge in [-0.25, -0.2) is 0 Å². The molecule has 3 fully saturated rings. The maximum atomic E-state index is 5.90. The minimum absolute atomic E-state index is 0.564. The summed E-state index contributed by atoms with van der Waals surface area (Å²) in [6.07, 6.45) is 0. The molecule has 1 aromatic rings. The molecule has 19 heavy (non-hydrogen) atoms. The van der Waals surface area contributed by atoms with Crippen molar-refractivity contribution in [3.63, 3.8) is 0 Å². The van der Waals surface area contributed by atoms with Crippen molar-refractivity contribution in [3.05, 3.63) is 24.3 Å². The Kier molecular flexibility index (Phi) is 3.71. The first-order valence-electron chi connectivity index (χ1n) is 6.45. The van der Waals surface area contributed by atoms with E-state index in [1.807, 2.05) is 18.2 Å². The number of hydrogen-bond acceptors (Lipinski definition) is 6. The SMILES string of the molecule is Nc1cccc(O[Si]23OCCN(CCO2)CCO3)c1. The molecule has 0 unspecified atom stereocenters. The van der Waals surface area contributed by atoms with Gasteiger partial charge in [0.2, 0.25) is 0 Å². The average Bonchev–Trinajstić information content (AvgIpc) is 2.30. The monoisotopic (exact) mass is 282 g/mol. The van der Waals surface area contributed by atoms with Crippen molar-refractivity contribution >= 4 is 14.7 Å². The van der Waals surface area contributed by atoms with E-state index < -0.39 is 9.05 Å². The third-order valence-corrected chi connectivity index (χ3v) is 5.32. The Morgan fingerprint density at radius 1 is 1.05 bits per heavy atom. The number of nitrogens with zero attached hydrogens (tertiary/aromatic N) is 1. The van der Waals surface area contributed by atoms with Crippen molar-refractivity contribution in [2.75, 3.05) is 45.2 Å². The minimum Gasteiger partial charge on any atom is -0.480 e. The zero-order valence-corrected chi connectivity index (χ0v) is 11.7. The van der Waals surface area contributed by atoms with Gasteiger partial charge in [-0.05, 0) is 12.1 Å². The molecule has 0 radical (unpaired) electrons. The molecule has 1 aromatic carbocycles. The highest BCUT2D eigenvalue weighted by molar-refractivity contribution is 6.54. The van der Waals surface area contributed by atoms with E-state index in [9.17, 15) is 0 Å². The fraction of sp³-hybridized carbons (Fsp3) is 0.500. The molecule has 3 heterocycles. The van der Waals surface area contributed by atoms with Crippen LogP contribution in [0.1, 0.15) is 0 Å². The van der Waals surface area contributed by atoms with E-state index in [-0.39, 0.29) is 0 Å². The van der Waals surface area contributed by atoms with Gasteiger partial charge >= 0.3 is 9.05 Å². The van der Waals surface area contributed by atoms with E-state index in [0.29, 0.717) is 31.3 Å². The van der Waals surface area contributed by atoms with Gasteiger partial charge < -0.3 is 23.4 Å². The van der Waals surface area contributed by atoms with E-state index in [1.54, 1.807) is 6.07 Å². The number of fused-ring (bicyclic) bond motifs is 6. The summed E-state index contributed by atoms with van der Waals surface area (Å²) in [5.74, 6) is 0.629. The molecule has 0 saturated carbocycles. The van der Waals surface area contributed by atoms with Crippen LogP contribution >= 0.6 is 0 Å². The van der Waals surface area contributed by atoms with Crippen molar-refractivity contribution in [3.8, 4) is 5.75 Å². The molecule has 0 aliphatic carbocycles. The van der Waals surface area contributed by atoms with Crippen LogP contribution in [-0.4, -0.2) is 53.4 Å². The molecule has 6 nitrogen and oxygen atoms in total. The molecule has 0 aromatic heterocycles. The zero-order chi connectivity index (χ0) is 13.1. The van der Waals surface area contributed by atoms with E-state index in [0.717, 1.165) is 19.6 Å². The summed E-state index contributed by atoms with van der Waals surface area (Å²) in [5, 5.41) is 0. The Morgan fingerprint density at radius 3 is 2.26 bits per heavy atom. The molecule has 104 valence electrons. The van der Waals surface area contributed by atoms with Crippen LogP contribution in [-0.2, 0) is 13.3 Å². The van der Waals surface area contributed by atoms with Crippen LogP contribution in [0.3, 0.4) is 0 Å². The van der Waals surface area contributed by atoms with Crippen LogP contribution in [0.5, 0.6) is 5.75 Å². The van der Waals surface area contributed by atoms with E-state index in [4.69, 9.17) is 23.4 Å². The van der Waals surface area contributed by atoms with Gasteiger partial charge in [-0.2, -0.15) is 0 Å². The van der Waals surface area contributed by atoms with Crippen LogP contribution in [0.15, 0.2) is 24.3 Å². The van der Waals surface area contributed by atoms with Crippen LogP contribution in [0, 0.1) is 0 Å². The average molecular weight is 282 g/mol. The fourth-order valence-corrected chi connectivity index (χ4v) is 4.04. The topological polar surface area (TPSA) is 66.2 Å². The first kappa shape index (κ1) is 12.9. The molecule has 0 spiro atoms. The smallest absolute Gasteiger partial charge is 0.480 e. The highest BCUT2D eigenvalue weighted by Gasteiger charge is 2.50. The Morgan fingerprint density at radius 2 is 1.68 bits per heavy atom. The lowest BCUT2D eigenvalue weighted by atomic mass is 10.3. The predicted molar refractivity (Wildman–Crippen MR) is 71.5 cm³/mol. The highest BCUT2D eigenvalue weighted by atomic mass is 28.4. The summed E-state index contributed by atoms with van der Waals surface area (Å²) in [6.45, 7) is 4.36. The van der Waals surface area contributed by atoms with Crippen LogP contribution in [0.2, 0.25) is 0 Å². The lowest BCUT2D eigenvalue weighted by molar-refractivity contribution is -0.0495. The molecule has 0 amide bonds. The molecule has 2 N–H and O–H groups in total. The second kappa shape index (κ2) is 5.47. The molecule has 0 atom stereocenters. The Bertz CT molecular complexity index is 419. The number of nitrogens with two attached hydrogens (primary N) is 1. The summed E-state index contributed by atoms with van der Waals surface area (Å²) < 4.78 is 23.2. The fourth-order valence-electron chi connectivity index (χ4n) is 2.17. The van der Waals surface area contributed by atoms with E-state index >= 15 is 0 Å². The number of benzene rings is 1. The lowest BCUT2D eigenvalue weighted by Gasteiger charge is -2.36. The number of rotatable bonds is 2. The molecule has 3 aliphatic rings. The van der Waals surface area contributed by atoms with Crippen molar-refractivity contribution < 1.29 is 17.7 Å². The second-order valence-electron chi connectivity index (χ2n) is 4.56. The van der Waals surface area contributed by atoms with Crippen molar-refractivity contribution in [2.45, 2.75) is 0 Å². The van der Waals surface area contributed by atoms with Crippen LogP contribution < -0.4 is 10.2 Å². The van der Waals surface area contributed by atoms with E-state index in [2.05, 4.69) is 4.90 Å². The molecule has 4 rings (SSSR count). The third-order valence-electron chi connectivity index (χ3n) is 3.16. The van der Waals surface area contributed by atoms with E-state index in [1.165, 1.54) is 0 Å². The molecular formula is C12H18N2O4Si. The Labute approximate surface area is 113 Å². The standard InChI is InChI=1S/C12H18N2O4Si/c13-11-2-1-3-12(10-11)18-19-15-7-4-14(5-8-16-19)6-9-17-19/h1-3,10H,4-9,13H2. The molecule has 2 bridgehead atoms. The molecule has 7 heteroatoms. The molecule has 3 saturated heterocycles. The predicted octanol–water partition coefficient (Wildman–Crippen LogP) is 0.462. The summed E-state index contributed by atoms with van der Waals surface area (Å²) in [7, 11) is -3.07. The minimum atomic E-state index is -3.07. The number of nitrogen functional groups attached to an aromatic ring is 1. The first-order valence-corrected chi connectivity index (χ1v) is 8.08. The summed E-state index contributed by atoms with van der Waals surface area (Å²) in [4.78, 5) is 2.26. The molecule has 3 aliphatic heterocycles. The van der Waals surface area contributed by atoms with Gasteiger partial charge in [0.15, 0.2) is 0 Å². The van der Waals surface area contributed by atoms with Crippen molar-refractivity contribution in [2.24, 2.45) is 0 Å². The zero-order valence-electron chi connectivity index (χ0n) is 10.7. The summed E-state index contributed by atoms with van der Waals surface area (Å²) in [5.41, 5.74) is 6.40. The third kappa shape index (κ3) is 3.07. The van der Waals surface area contributed by atoms with Gasteiger partial charge in [0, 0.05) is 31.4 Å².